The predicted octanol–water partition coefficient (Wildman–Crippen LogP) is 8.50. The van der Waals surface area contributed by atoms with Crippen LogP contribution in [-0.2, 0) is 5.66 Å². The summed E-state index contributed by atoms with van der Waals surface area (Å²) in [7, 11) is 0. The number of hydrogen-bond acceptors (Lipinski definition) is 6. The molecule has 0 unspecified atom stereocenters. The van der Waals surface area contributed by atoms with Gasteiger partial charge in [-0.1, -0.05) is 54.6 Å². The summed E-state index contributed by atoms with van der Waals surface area (Å²) in [6, 6.07) is 29.3. The van der Waals surface area contributed by atoms with Gasteiger partial charge in [0.1, 0.15) is 11.5 Å². The molecule has 3 aromatic carbocycles. The van der Waals surface area contributed by atoms with E-state index >= 15 is 0 Å². The van der Waals surface area contributed by atoms with Crippen LogP contribution in [0, 0.1) is 0 Å². The zero-order chi connectivity index (χ0) is 28.8. The minimum Gasteiger partial charge on any atom is -0.456 e. The first-order chi connectivity index (χ1) is 21.8. The van der Waals surface area contributed by atoms with Crippen LogP contribution in [0.5, 0.6) is 11.5 Å². The molecule has 0 radical (unpaired) electrons. The fraction of sp³-hybridized carbons (Fsp3) is 0.289. The van der Waals surface area contributed by atoms with Crippen molar-refractivity contribution in [2.24, 2.45) is 0 Å². The van der Waals surface area contributed by atoms with Crippen molar-refractivity contribution in [2.75, 3.05) is 23.1 Å². The van der Waals surface area contributed by atoms with Crippen molar-refractivity contribution in [3.8, 4) is 22.6 Å². The fourth-order valence-electron chi connectivity index (χ4n) is 8.98. The van der Waals surface area contributed by atoms with E-state index in [4.69, 9.17) is 9.72 Å². The molecule has 0 saturated heterocycles. The lowest BCUT2D eigenvalue weighted by Gasteiger charge is -2.51. The van der Waals surface area contributed by atoms with Gasteiger partial charge in [-0.2, -0.15) is 0 Å². The van der Waals surface area contributed by atoms with E-state index in [9.17, 15) is 0 Å². The van der Waals surface area contributed by atoms with Crippen LogP contribution >= 0.6 is 0 Å². The molecular weight excluding hydrogens is 542 g/mol. The molecule has 0 amide bonds. The molecule has 218 valence electrons. The molecule has 3 aliphatic heterocycles. The Hall–Kier alpha value is -4.71. The first-order valence-corrected chi connectivity index (χ1v) is 16.3. The molecule has 0 atom stereocenters. The zero-order valence-corrected chi connectivity index (χ0v) is 24.9. The lowest BCUT2D eigenvalue weighted by molar-refractivity contribution is 0.0264. The summed E-state index contributed by atoms with van der Waals surface area (Å²) in [5.41, 5.74) is 13.2. The highest BCUT2D eigenvalue weighted by molar-refractivity contribution is 5.81. The number of nitrogens with zero attached hydrogens (tertiary/aromatic N) is 5. The summed E-state index contributed by atoms with van der Waals surface area (Å²) < 4.78 is 6.50. The first kappa shape index (κ1) is 24.7. The maximum atomic E-state index is 6.50. The van der Waals surface area contributed by atoms with Gasteiger partial charge in [0.15, 0.2) is 5.66 Å². The van der Waals surface area contributed by atoms with Crippen LogP contribution < -0.4 is 14.5 Å². The Labute approximate surface area is 258 Å². The van der Waals surface area contributed by atoms with E-state index in [-0.39, 0.29) is 0 Å². The third-order valence-corrected chi connectivity index (χ3v) is 10.7. The third kappa shape index (κ3) is 3.23. The van der Waals surface area contributed by atoms with E-state index in [0.717, 1.165) is 56.2 Å². The van der Waals surface area contributed by atoms with Gasteiger partial charge in [-0.25, -0.2) is 0 Å². The van der Waals surface area contributed by atoms with Gasteiger partial charge in [-0.15, -0.1) is 0 Å². The Bertz CT molecular complexity index is 1770. The zero-order valence-electron chi connectivity index (χ0n) is 24.9. The van der Waals surface area contributed by atoms with Crippen molar-refractivity contribution in [3.63, 3.8) is 0 Å². The summed E-state index contributed by atoms with van der Waals surface area (Å²) in [5.74, 6) is 1.63. The number of fused-ring (bicyclic) bond motifs is 21. The van der Waals surface area contributed by atoms with Crippen molar-refractivity contribution < 1.29 is 4.74 Å². The van der Waals surface area contributed by atoms with Crippen LogP contribution in [0.25, 0.3) is 11.1 Å². The highest BCUT2D eigenvalue weighted by Gasteiger charge is 2.58. The number of benzene rings is 3. The molecule has 4 aromatic rings. The van der Waals surface area contributed by atoms with E-state index in [1.54, 1.807) is 0 Å². The molecule has 1 spiro atoms. The first-order valence-electron chi connectivity index (χ1n) is 16.3. The monoisotopic (exact) mass is 577 g/mol. The fourth-order valence-corrected chi connectivity index (χ4v) is 8.98. The minimum atomic E-state index is -0.463. The molecule has 8 bridgehead atoms. The number of anilines is 2. The Morgan fingerprint density at radius 2 is 1.11 bits per heavy atom. The molecule has 0 N–H and O–H groups in total. The van der Waals surface area contributed by atoms with Gasteiger partial charge in [0.2, 0.25) is 0 Å². The summed E-state index contributed by atoms with van der Waals surface area (Å²) in [6.45, 7) is 1.59. The normalized spacial score (nSPS) is 20.7. The molecule has 3 aliphatic carbocycles. The van der Waals surface area contributed by atoms with Crippen molar-refractivity contribution >= 4 is 11.4 Å². The molecular formula is C38H35N5O. The predicted molar refractivity (Wildman–Crippen MR) is 173 cm³/mol. The molecule has 6 heteroatoms. The van der Waals surface area contributed by atoms with E-state index in [1.807, 2.05) is 12.4 Å². The topological polar surface area (TPSA) is 35.1 Å². The van der Waals surface area contributed by atoms with Crippen molar-refractivity contribution in [2.45, 2.75) is 57.0 Å². The molecule has 4 heterocycles. The van der Waals surface area contributed by atoms with Crippen LogP contribution in [0.2, 0.25) is 0 Å². The van der Waals surface area contributed by atoms with E-state index in [1.165, 1.54) is 76.4 Å². The average Bonchev–Trinajstić information content (AvgIpc) is 3.74. The lowest BCUT2D eigenvalue weighted by atomic mass is 9.89. The van der Waals surface area contributed by atoms with Gasteiger partial charge in [0.05, 0.1) is 31.4 Å². The number of allylic oxidation sites excluding steroid dienone is 4. The highest BCUT2D eigenvalue weighted by Crippen LogP contribution is 2.59. The lowest BCUT2D eigenvalue weighted by Crippen LogP contribution is -2.57. The maximum Gasteiger partial charge on any atom is 0.170 e. The molecule has 0 saturated carbocycles. The van der Waals surface area contributed by atoms with Gasteiger partial charge >= 0.3 is 0 Å². The van der Waals surface area contributed by atoms with Crippen molar-refractivity contribution in [3.05, 3.63) is 125 Å². The van der Waals surface area contributed by atoms with Crippen molar-refractivity contribution in [1.82, 2.24) is 14.8 Å². The standard InChI is InChI=1S/C38H35N5O/c1-3-14-32-30(12-1)31-13-2-4-15-33(31)38(32)42-24-40(34-16-5-7-18-36(34)42)26-10-9-11-28(20-26)44-29-21-27(22-39-23-29)41-25-43(38)37-19-8-6-17-35(37)41/h1-4,9-15,20-23H,5-8,16-19,24-25H2. The van der Waals surface area contributed by atoms with Crippen LogP contribution in [0.4, 0.5) is 11.4 Å². The van der Waals surface area contributed by atoms with Crippen molar-refractivity contribution in [1.29, 1.82) is 0 Å². The summed E-state index contributed by atoms with van der Waals surface area (Å²) in [6.07, 6.45) is 13.1. The quantitative estimate of drug-likeness (QED) is 0.209. The summed E-state index contributed by atoms with van der Waals surface area (Å²) >= 11 is 0. The van der Waals surface area contributed by atoms with Crippen LogP contribution in [0.15, 0.2) is 114 Å². The van der Waals surface area contributed by atoms with E-state index in [2.05, 4.69) is 98.5 Å². The Kier molecular flexibility index (Phi) is 5.14. The highest BCUT2D eigenvalue weighted by atomic mass is 16.5. The molecule has 44 heavy (non-hydrogen) atoms. The van der Waals surface area contributed by atoms with Gasteiger partial charge in [-0.05, 0) is 74.6 Å². The number of ether oxygens (including phenoxy) is 1. The minimum absolute atomic E-state index is 0.463. The number of aromatic nitrogens is 1. The smallest absolute Gasteiger partial charge is 0.170 e. The SMILES string of the molecule is c1cc2cc(c1)N1CN(C3=C1CCCC3)C1(c3ccccc3-c3ccccc31)N1CN(C3=C1CCCC3)c1cncc(c1)O2. The van der Waals surface area contributed by atoms with Gasteiger partial charge in [0.25, 0.3) is 0 Å². The molecule has 1 aromatic heterocycles. The third-order valence-electron chi connectivity index (χ3n) is 10.7. The Morgan fingerprint density at radius 3 is 1.77 bits per heavy atom. The second-order valence-electron chi connectivity index (χ2n) is 12.9. The number of hydrogen-bond donors (Lipinski definition) is 0. The molecule has 6 aliphatic rings. The van der Waals surface area contributed by atoms with Crippen LogP contribution in [0.3, 0.4) is 0 Å². The second-order valence-corrected chi connectivity index (χ2v) is 12.9. The Balaban J connectivity index is 1.31. The number of pyridine rings is 1. The van der Waals surface area contributed by atoms with E-state index in [0.29, 0.717) is 0 Å². The maximum absolute atomic E-state index is 6.50. The van der Waals surface area contributed by atoms with E-state index < -0.39 is 5.66 Å². The Morgan fingerprint density at radius 1 is 0.545 bits per heavy atom. The van der Waals surface area contributed by atoms with Gasteiger partial charge in [0, 0.05) is 51.7 Å². The largest absolute Gasteiger partial charge is 0.456 e. The molecule has 0 fully saturated rings. The second kappa shape index (κ2) is 9.15. The van der Waals surface area contributed by atoms with Crippen LogP contribution in [-0.4, -0.2) is 28.1 Å². The average molecular weight is 578 g/mol. The summed E-state index contributed by atoms with van der Waals surface area (Å²) in [5, 5.41) is 0. The molecule has 10 rings (SSSR count). The van der Waals surface area contributed by atoms with Crippen LogP contribution in [0.1, 0.15) is 62.5 Å². The van der Waals surface area contributed by atoms with Gasteiger partial charge < -0.3 is 24.3 Å². The molecule has 6 nitrogen and oxygen atoms in total. The van der Waals surface area contributed by atoms with Gasteiger partial charge in [-0.3, -0.25) is 4.98 Å². The summed E-state index contributed by atoms with van der Waals surface area (Å²) in [4.78, 5) is 15.4. The number of rotatable bonds is 0.